The molecule has 6 heteroatoms. The van der Waals surface area contributed by atoms with Gasteiger partial charge in [0, 0.05) is 42.2 Å². The van der Waals surface area contributed by atoms with Crippen LogP contribution in [0.25, 0.3) is 22.0 Å². The second-order valence-electron chi connectivity index (χ2n) is 6.43. The molecule has 1 amide bonds. The summed E-state index contributed by atoms with van der Waals surface area (Å²) in [5.74, 6) is 0.824. The third-order valence-corrected chi connectivity index (χ3v) is 5.17. The molecular weight excluding hydrogens is 384 g/mol. The summed E-state index contributed by atoms with van der Waals surface area (Å²) in [5.41, 5.74) is 2.87. The molecule has 3 aromatic rings. The number of piperazine rings is 1. The van der Waals surface area contributed by atoms with E-state index in [9.17, 15) is 4.79 Å². The van der Waals surface area contributed by atoms with Crippen molar-refractivity contribution in [1.82, 2.24) is 14.9 Å². The quantitative estimate of drug-likeness (QED) is 0.583. The molecule has 1 aliphatic rings. The fraction of sp³-hybridized carbons (Fsp3) is 0.261. The van der Waals surface area contributed by atoms with E-state index in [-0.39, 0.29) is 5.91 Å². The van der Waals surface area contributed by atoms with E-state index >= 15 is 0 Å². The van der Waals surface area contributed by atoms with Gasteiger partial charge in [0.2, 0.25) is 5.91 Å². The zero-order chi connectivity index (χ0) is 20.8. The molecule has 0 N–H and O–H groups in total. The van der Waals surface area contributed by atoms with Crippen LogP contribution in [0.15, 0.2) is 61.4 Å². The lowest BCUT2D eigenvalue weighted by Crippen LogP contribution is -2.48. The van der Waals surface area contributed by atoms with Gasteiger partial charge in [0.1, 0.15) is 12.1 Å². The minimum atomic E-state index is -0.0299. The zero-order valence-electron chi connectivity index (χ0n) is 16.8. The van der Waals surface area contributed by atoms with E-state index in [4.69, 9.17) is 11.6 Å². The summed E-state index contributed by atoms with van der Waals surface area (Å²) < 4.78 is 0. The number of halogens is 1. The highest BCUT2D eigenvalue weighted by Crippen LogP contribution is 2.34. The van der Waals surface area contributed by atoms with Gasteiger partial charge >= 0.3 is 0 Å². The van der Waals surface area contributed by atoms with Crippen molar-refractivity contribution in [2.75, 3.05) is 31.1 Å². The van der Waals surface area contributed by atoms with Crippen LogP contribution < -0.4 is 4.90 Å². The van der Waals surface area contributed by atoms with E-state index in [0.717, 1.165) is 27.8 Å². The normalized spacial score (nSPS) is 13.6. The number of anilines is 1. The first-order valence-electron chi connectivity index (χ1n) is 9.83. The Balaban J connectivity index is 0.00000117. The van der Waals surface area contributed by atoms with Crippen molar-refractivity contribution < 1.29 is 4.79 Å². The molecule has 0 atom stereocenters. The lowest BCUT2D eigenvalue weighted by molar-refractivity contribution is -0.126. The molecule has 1 aromatic heterocycles. The summed E-state index contributed by atoms with van der Waals surface area (Å²) in [6.45, 7) is 10.3. The molecule has 0 aliphatic carbocycles. The van der Waals surface area contributed by atoms with Gasteiger partial charge in [0.25, 0.3) is 0 Å². The standard InChI is InChI=1S/C21H19ClN4O.C2H6/c1-2-20(27)25-8-10-26(11-9-25)21-17-12-18(22)16(13-19(17)23-14-24-21)15-6-4-3-5-7-15;1-2/h2-7,12-14H,1,8-11H2;1-2H3. The third-order valence-electron chi connectivity index (χ3n) is 4.85. The van der Waals surface area contributed by atoms with Crippen molar-refractivity contribution in [3.63, 3.8) is 0 Å². The Morgan fingerprint density at radius 3 is 2.41 bits per heavy atom. The first kappa shape index (κ1) is 20.8. The van der Waals surface area contributed by atoms with Crippen LogP contribution in [0.2, 0.25) is 5.02 Å². The number of nitrogens with zero attached hydrogens (tertiary/aromatic N) is 4. The molecule has 0 radical (unpaired) electrons. The number of rotatable bonds is 3. The summed E-state index contributed by atoms with van der Waals surface area (Å²) in [4.78, 5) is 24.7. The summed E-state index contributed by atoms with van der Waals surface area (Å²) >= 11 is 6.59. The van der Waals surface area contributed by atoms with Crippen LogP contribution in [0.5, 0.6) is 0 Å². The summed E-state index contributed by atoms with van der Waals surface area (Å²) in [7, 11) is 0. The molecule has 2 aromatic carbocycles. The van der Waals surface area contributed by atoms with Crippen molar-refractivity contribution in [3.05, 3.63) is 66.5 Å². The molecule has 0 spiro atoms. The van der Waals surface area contributed by atoms with E-state index < -0.39 is 0 Å². The molecule has 0 unspecified atom stereocenters. The average Bonchev–Trinajstić information content (AvgIpc) is 2.80. The highest BCUT2D eigenvalue weighted by molar-refractivity contribution is 6.34. The predicted octanol–water partition coefficient (Wildman–Crippen LogP) is 4.81. The van der Waals surface area contributed by atoms with E-state index in [1.807, 2.05) is 56.3 Å². The summed E-state index contributed by atoms with van der Waals surface area (Å²) in [5, 5.41) is 1.59. The number of hydrogen-bond donors (Lipinski definition) is 0. The molecule has 1 saturated heterocycles. The first-order chi connectivity index (χ1) is 14.2. The first-order valence-corrected chi connectivity index (χ1v) is 10.2. The number of aromatic nitrogens is 2. The number of amides is 1. The SMILES string of the molecule is C=CC(=O)N1CCN(c2ncnc3cc(-c4ccccc4)c(Cl)cc23)CC1.CC. The maximum absolute atomic E-state index is 11.8. The second-order valence-corrected chi connectivity index (χ2v) is 6.84. The van der Waals surface area contributed by atoms with Crippen LogP contribution in [0, 0.1) is 0 Å². The van der Waals surface area contributed by atoms with Gasteiger partial charge in [-0.15, -0.1) is 0 Å². The van der Waals surface area contributed by atoms with Gasteiger partial charge < -0.3 is 9.80 Å². The lowest BCUT2D eigenvalue weighted by Gasteiger charge is -2.35. The number of fused-ring (bicyclic) bond motifs is 1. The highest BCUT2D eigenvalue weighted by atomic mass is 35.5. The van der Waals surface area contributed by atoms with Gasteiger partial charge in [0.15, 0.2) is 0 Å². The summed E-state index contributed by atoms with van der Waals surface area (Å²) in [6, 6.07) is 14.0. The van der Waals surface area contributed by atoms with Crippen molar-refractivity contribution in [2.45, 2.75) is 13.8 Å². The molecular formula is C23H25ClN4O. The van der Waals surface area contributed by atoms with Gasteiger partial charge in [-0.05, 0) is 23.8 Å². The molecule has 1 fully saturated rings. The smallest absolute Gasteiger partial charge is 0.246 e. The second kappa shape index (κ2) is 9.52. The van der Waals surface area contributed by atoms with Crippen molar-refractivity contribution >= 4 is 34.2 Å². The van der Waals surface area contributed by atoms with Crippen LogP contribution in [0.4, 0.5) is 5.82 Å². The van der Waals surface area contributed by atoms with E-state index in [1.54, 1.807) is 11.2 Å². The van der Waals surface area contributed by atoms with E-state index in [2.05, 4.69) is 21.4 Å². The molecule has 0 bridgehead atoms. The fourth-order valence-electron chi connectivity index (χ4n) is 3.42. The van der Waals surface area contributed by atoms with E-state index in [1.165, 1.54) is 6.08 Å². The molecule has 150 valence electrons. The van der Waals surface area contributed by atoms with Crippen molar-refractivity contribution in [2.24, 2.45) is 0 Å². The van der Waals surface area contributed by atoms with Crippen LogP contribution in [0.1, 0.15) is 13.8 Å². The predicted molar refractivity (Wildman–Crippen MR) is 120 cm³/mol. The topological polar surface area (TPSA) is 49.3 Å². The van der Waals surface area contributed by atoms with Crippen LogP contribution >= 0.6 is 11.6 Å². The van der Waals surface area contributed by atoms with Crippen molar-refractivity contribution in [1.29, 1.82) is 0 Å². The molecule has 1 aliphatic heterocycles. The van der Waals surface area contributed by atoms with Crippen LogP contribution in [0.3, 0.4) is 0 Å². The van der Waals surface area contributed by atoms with Gasteiger partial charge in [-0.1, -0.05) is 62.4 Å². The van der Waals surface area contributed by atoms with Gasteiger partial charge in [0.05, 0.1) is 5.52 Å². The number of hydrogen-bond acceptors (Lipinski definition) is 4. The number of benzene rings is 2. The number of carbonyl (C=O) groups excluding carboxylic acids is 1. The fourth-order valence-corrected chi connectivity index (χ4v) is 3.69. The van der Waals surface area contributed by atoms with Gasteiger partial charge in [-0.3, -0.25) is 4.79 Å². The monoisotopic (exact) mass is 408 g/mol. The van der Waals surface area contributed by atoms with Gasteiger partial charge in [-0.25, -0.2) is 9.97 Å². The Labute approximate surface area is 176 Å². The zero-order valence-corrected chi connectivity index (χ0v) is 17.6. The minimum Gasteiger partial charge on any atom is -0.352 e. The van der Waals surface area contributed by atoms with Gasteiger partial charge in [-0.2, -0.15) is 0 Å². The largest absolute Gasteiger partial charge is 0.352 e. The molecule has 0 saturated carbocycles. The maximum atomic E-state index is 11.8. The Hall–Kier alpha value is -2.92. The Morgan fingerprint density at radius 2 is 1.76 bits per heavy atom. The third kappa shape index (κ3) is 4.40. The molecule has 2 heterocycles. The Kier molecular flexibility index (Phi) is 6.83. The summed E-state index contributed by atoms with van der Waals surface area (Å²) in [6.07, 6.45) is 2.95. The number of carbonyl (C=O) groups is 1. The van der Waals surface area contributed by atoms with Crippen molar-refractivity contribution in [3.8, 4) is 11.1 Å². The minimum absolute atomic E-state index is 0.0299. The molecule has 29 heavy (non-hydrogen) atoms. The average molecular weight is 409 g/mol. The van der Waals surface area contributed by atoms with Crippen LogP contribution in [-0.2, 0) is 4.79 Å². The Bertz CT molecular complexity index is 998. The lowest BCUT2D eigenvalue weighted by atomic mass is 10.0. The molecule has 5 nitrogen and oxygen atoms in total. The van der Waals surface area contributed by atoms with Crippen LogP contribution in [-0.4, -0.2) is 47.0 Å². The molecule has 4 rings (SSSR count). The highest BCUT2D eigenvalue weighted by Gasteiger charge is 2.22. The van der Waals surface area contributed by atoms with E-state index in [0.29, 0.717) is 31.2 Å². The maximum Gasteiger partial charge on any atom is 0.246 e. The Morgan fingerprint density at radius 1 is 1.07 bits per heavy atom.